The number of hydrogen-bond donors (Lipinski definition) is 1. The van der Waals surface area contributed by atoms with E-state index in [0.29, 0.717) is 0 Å². The fraction of sp³-hybridized carbons (Fsp3) is 0.364. The zero-order chi connectivity index (χ0) is 50.2. The van der Waals surface area contributed by atoms with Gasteiger partial charge in [0.25, 0.3) is 0 Å². The van der Waals surface area contributed by atoms with Gasteiger partial charge in [0.1, 0.15) is 11.6 Å². The molecule has 5 aromatic carbocycles. The highest BCUT2D eigenvalue weighted by Crippen LogP contribution is 2.58. The van der Waals surface area contributed by atoms with Crippen molar-refractivity contribution in [3.05, 3.63) is 166 Å². The molecule has 0 atom stereocenters. The van der Waals surface area contributed by atoms with Crippen molar-refractivity contribution in [1.29, 1.82) is 5.26 Å². The summed E-state index contributed by atoms with van der Waals surface area (Å²) in [5.41, 5.74) is 17.4. The van der Waals surface area contributed by atoms with E-state index in [2.05, 4.69) is 161 Å². The maximum atomic E-state index is 11.7. The monoisotopic (exact) mass is 989 g/mol. The van der Waals surface area contributed by atoms with Crippen LogP contribution >= 0.6 is 22.7 Å². The average Bonchev–Trinajstić information content (AvgIpc) is 4.18. The largest absolute Gasteiger partial charge is 0.477 e. The molecule has 0 amide bonds. The maximum absolute atomic E-state index is 11.7. The lowest BCUT2D eigenvalue weighted by atomic mass is 9.70. The molecule has 0 bridgehead atoms. The fourth-order valence-electron chi connectivity index (χ4n) is 12.2. The molecule has 7 aromatic rings. The summed E-state index contributed by atoms with van der Waals surface area (Å²) in [5, 5.41) is 19.0. The van der Waals surface area contributed by atoms with Gasteiger partial charge in [-0.25, -0.2) is 4.79 Å². The molecule has 370 valence electrons. The van der Waals surface area contributed by atoms with Crippen molar-refractivity contribution in [3.8, 4) is 48.5 Å². The first-order valence-electron chi connectivity index (χ1n) is 27.2. The topological polar surface area (TPSA) is 64.3 Å². The van der Waals surface area contributed by atoms with Crippen LogP contribution in [0, 0.1) is 11.3 Å². The Hall–Kier alpha value is -6.00. The number of nitrogens with zero attached hydrogens (tertiary/aromatic N) is 2. The third kappa shape index (κ3) is 9.80. The van der Waals surface area contributed by atoms with Crippen molar-refractivity contribution >= 4 is 51.8 Å². The smallest absolute Gasteiger partial charge is 0.346 e. The van der Waals surface area contributed by atoms with Crippen LogP contribution in [-0.4, -0.2) is 11.1 Å². The van der Waals surface area contributed by atoms with Crippen LogP contribution in [0.3, 0.4) is 0 Å². The highest BCUT2D eigenvalue weighted by molar-refractivity contribution is 7.24. The summed E-state index contributed by atoms with van der Waals surface area (Å²) >= 11 is 3.35. The minimum atomic E-state index is -1.20. The van der Waals surface area contributed by atoms with Crippen LogP contribution in [0.15, 0.2) is 133 Å². The van der Waals surface area contributed by atoms with E-state index in [9.17, 15) is 15.2 Å². The Kier molecular flexibility index (Phi) is 16.1. The predicted octanol–water partition coefficient (Wildman–Crippen LogP) is 20.0. The molecule has 4 nitrogen and oxygen atoms in total. The Balaban J connectivity index is 1.19. The molecule has 0 unspecified atom stereocenters. The highest BCUT2D eigenvalue weighted by Gasteiger charge is 2.44. The Morgan fingerprint density at radius 1 is 0.542 bits per heavy atom. The number of fused-ring (bicyclic) bond motifs is 6. The molecule has 0 radical (unpaired) electrons. The summed E-state index contributed by atoms with van der Waals surface area (Å²) in [6.07, 6.45) is 21.3. The third-order valence-electron chi connectivity index (χ3n) is 15.9. The molecular weight excluding hydrogens is 917 g/mol. The molecule has 1 N–H and O–H groups in total. The second kappa shape index (κ2) is 22.8. The van der Waals surface area contributed by atoms with E-state index in [4.69, 9.17) is 0 Å². The van der Waals surface area contributed by atoms with Gasteiger partial charge in [0.2, 0.25) is 0 Å². The number of rotatable bonds is 24. The van der Waals surface area contributed by atoms with Crippen LogP contribution in [0.25, 0.3) is 48.5 Å². The lowest BCUT2D eigenvalue weighted by Gasteiger charge is -2.35. The molecule has 0 fully saturated rings. The molecule has 0 saturated heterocycles. The molecule has 2 aliphatic carbocycles. The molecule has 9 rings (SSSR count). The summed E-state index contributed by atoms with van der Waals surface area (Å²) in [6.45, 7) is 11.6. The van der Waals surface area contributed by atoms with Crippen molar-refractivity contribution < 1.29 is 9.90 Å². The van der Waals surface area contributed by atoms with Crippen LogP contribution in [0.2, 0.25) is 0 Å². The van der Waals surface area contributed by atoms with Crippen LogP contribution in [0.1, 0.15) is 170 Å². The average molecular weight is 989 g/mol. The van der Waals surface area contributed by atoms with Gasteiger partial charge in [-0.2, -0.15) is 5.26 Å². The standard InChI is InChI=1S/C66H72N2O2S2/c1-6-11-16-17-22-47-42-62(61-36-33-52(71-61)41-48(45-67)64(69)70)72-63(47)46-27-29-49(30-28-46)68(50-31-34-55-53-23-18-20-25-57(53)65(37-12-7-2,38-13-8-3)59(55)43-50)51-32-35-56-54-24-19-21-26-58(54)66(39-14-9-4,40-15-10-5)60(56)44-51/h18-21,23-36,41-44H,6-17,22,37-40H2,1-5H3,(H,69,70). The highest BCUT2D eigenvalue weighted by atomic mass is 32.1. The van der Waals surface area contributed by atoms with E-state index in [1.807, 2.05) is 23.5 Å². The van der Waals surface area contributed by atoms with Crippen molar-refractivity contribution in [1.82, 2.24) is 0 Å². The number of aliphatic carboxylic acids is 1. The van der Waals surface area contributed by atoms with Crippen LogP contribution < -0.4 is 4.90 Å². The van der Waals surface area contributed by atoms with Crippen LogP contribution in [0.5, 0.6) is 0 Å². The predicted molar refractivity (Wildman–Crippen MR) is 307 cm³/mol. The summed E-state index contributed by atoms with van der Waals surface area (Å²) in [6, 6.07) is 50.9. The fourth-order valence-corrected chi connectivity index (χ4v) is 14.4. The Morgan fingerprint density at radius 2 is 1.04 bits per heavy atom. The first-order valence-corrected chi connectivity index (χ1v) is 28.8. The Morgan fingerprint density at radius 3 is 1.54 bits per heavy atom. The number of carbonyl (C=O) groups is 1. The van der Waals surface area contributed by atoms with Gasteiger partial charge in [0.05, 0.1) is 0 Å². The second-order valence-electron chi connectivity index (χ2n) is 20.5. The number of carboxylic acids is 1. The van der Waals surface area contributed by atoms with E-state index in [0.717, 1.165) is 54.0 Å². The maximum Gasteiger partial charge on any atom is 0.346 e. The van der Waals surface area contributed by atoms with E-state index in [-0.39, 0.29) is 16.4 Å². The van der Waals surface area contributed by atoms with Gasteiger partial charge in [-0.3, -0.25) is 0 Å². The first-order chi connectivity index (χ1) is 35.2. The number of aryl methyl sites for hydroxylation is 1. The Bertz CT molecular complexity index is 2950. The minimum absolute atomic E-state index is 0.0309. The van der Waals surface area contributed by atoms with E-state index in [1.54, 1.807) is 0 Å². The number of thiophene rings is 2. The summed E-state index contributed by atoms with van der Waals surface area (Å²) in [4.78, 5) is 18.5. The molecule has 72 heavy (non-hydrogen) atoms. The van der Waals surface area contributed by atoms with E-state index < -0.39 is 5.97 Å². The molecular formula is C66H72N2O2S2. The van der Waals surface area contributed by atoms with Gasteiger partial charge >= 0.3 is 5.97 Å². The molecule has 2 aliphatic rings. The van der Waals surface area contributed by atoms with Crippen molar-refractivity contribution in [2.45, 2.75) is 155 Å². The number of benzene rings is 5. The molecule has 2 aromatic heterocycles. The third-order valence-corrected chi connectivity index (χ3v) is 18.3. The zero-order valence-corrected chi connectivity index (χ0v) is 44.9. The van der Waals surface area contributed by atoms with Gasteiger partial charge in [0, 0.05) is 47.4 Å². The Labute approximate surface area is 438 Å². The number of carboxylic acid groups (broad SMARTS) is 1. The van der Waals surface area contributed by atoms with Gasteiger partial charge in [0.15, 0.2) is 0 Å². The number of hydrogen-bond acceptors (Lipinski definition) is 5. The number of anilines is 3. The van der Waals surface area contributed by atoms with Crippen LogP contribution in [0.4, 0.5) is 17.1 Å². The molecule has 0 saturated carbocycles. The van der Waals surface area contributed by atoms with Gasteiger partial charge in [-0.05, 0) is 155 Å². The quantitative estimate of drug-likeness (QED) is 0.0372. The normalized spacial score (nSPS) is 13.9. The van der Waals surface area contributed by atoms with Crippen molar-refractivity contribution in [2.24, 2.45) is 0 Å². The van der Waals surface area contributed by atoms with Gasteiger partial charge in [-0.1, -0.05) is 178 Å². The zero-order valence-electron chi connectivity index (χ0n) is 43.3. The summed E-state index contributed by atoms with van der Waals surface area (Å²) < 4.78 is 0. The summed E-state index contributed by atoms with van der Waals surface area (Å²) in [7, 11) is 0. The molecule has 0 aliphatic heterocycles. The molecule has 6 heteroatoms. The van der Waals surface area contributed by atoms with Crippen molar-refractivity contribution in [2.75, 3.05) is 4.90 Å². The minimum Gasteiger partial charge on any atom is -0.477 e. The van der Waals surface area contributed by atoms with Gasteiger partial charge in [-0.15, -0.1) is 22.7 Å². The van der Waals surface area contributed by atoms with Crippen molar-refractivity contribution in [3.63, 3.8) is 0 Å². The second-order valence-corrected chi connectivity index (χ2v) is 22.6. The first kappa shape index (κ1) is 50.9. The van der Waals surface area contributed by atoms with Crippen LogP contribution in [-0.2, 0) is 22.0 Å². The van der Waals surface area contributed by atoms with Gasteiger partial charge < -0.3 is 10.0 Å². The lowest BCUT2D eigenvalue weighted by molar-refractivity contribution is -0.132. The molecule has 2 heterocycles. The summed E-state index contributed by atoms with van der Waals surface area (Å²) in [5.74, 6) is -1.20. The lowest BCUT2D eigenvalue weighted by Crippen LogP contribution is -2.26. The van der Waals surface area contributed by atoms with E-state index in [1.165, 1.54) is 165 Å². The number of nitriles is 1. The SMILES string of the molecule is CCCCCCc1cc(-c2ccc(C=C(C#N)C(=O)O)s2)sc1-c1ccc(N(c2ccc3c(c2)C(CCCC)(CCCC)c2ccccc2-3)c2ccc3c(c2)C(CCCC)(CCCC)c2ccccc2-3)cc1. The molecule has 0 spiro atoms. The number of unbranched alkanes of at least 4 members (excludes halogenated alkanes) is 7. The van der Waals surface area contributed by atoms with E-state index >= 15 is 0 Å².